The molecule has 2 aromatic heterocycles. The molecule has 0 spiro atoms. The van der Waals surface area contributed by atoms with Gasteiger partial charge in [0.1, 0.15) is 36.3 Å². The summed E-state index contributed by atoms with van der Waals surface area (Å²) in [6.45, 7) is -0.448. The fourth-order valence-electron chi connectivity index (χ4n) is 3.58. The normalized spacial score (nSPS) is 28.0. The van der Waals surface area contributed by atoms with Crippen LogP contribution in [0.3, 0.4) is 0 Å². The van der Waals surface area contributed by atoms with Crippen molar-refractivity contribution in [2.75, 3.05) is 13.7 Å². The van der Waals surface area contributed by atoms with Crippen LogP contribution in [0.4, 0.5) is 0 Å². The van der Waals surface area contributed by atoms with Crippen molar-refractivity contribution >= 4 is 32.1 Å². The van der Waals surface area contributed by atoms with E-state index in [9.17, 15) is 20.4 Å². The maximum absolute atomic E-state index is 10.4. The second-order valence-corrected chi connectivity index (χ2v) is 9.18. The Kier molecular flexibility index (Phi) is 5.71. The van der Waals surface area contributed by atoms with Crippen LogP contribution in [-0.2, 0) is 11.2 Å². The molecule has 4 N–H and O–H groups in total. The molecule has 8 heteroatoms. The van der Waals surface area contributed by atoms with Gasteiger partial charge in [-0.05, 0) is 40.8 Å². The zero-order valence-corrected chi connectivity index (χ0v) is 16.8. The third-order valence-electron chi connectivity index (χ3n) is 5.09. The molecular weight excluding hydrogens is 400 g/mol. The van der Waals surface area contributed by atoms with Crippen molar-refractivity contribution < 1.29 is 29.9 Å². The number of thiophene rings is 2. The molecule has 0 bridgehead atoms. The number of fused-ring (bicyclic) bond motifs is 1. The molecule has 1 aromatic carbocycles. The molecule has 1 fully saturated rings. The van der Waals surface area contributed by atoms with E-state index in [-0.39, 0.29) is 0 Å². The fourth-order valence-corrected chi connectivity index (χ4v) is 5.76. The molecule has 3 aromatic rings. The van der Waals surface area contributed by atoms with Crippen LogP contribution in [0.15, 0.2) is 35.7 Å². The smallest absolute Gasteiger partial charge is 0.122 e. The van der Waals surface area contributed by atoms with E-state index in [1.807, 2.05) is 12.1 Å². The minimum atomic E-state index is -1.40. The van der Waals surface area contributed by atoms with E-state index in [1.165, 1.54) is 14.3 Å². The zero-order chi connectivity index (χ0) is 19.8. The van der Waals surface area contributed by atoms with E-state index < -0.39 is 37.1 Å². The van der Waals surface area contributed by atoms with E-state index in [2.05, 4.69) is 17.5 Å². The fraction of sp³-hybridized carbons (Fsp3) is 0.400. The molecule has 0 saturated carbocycles. The van der Waals surface area contributed by atoms with E-state index in [0.29, 0.717) is 12.0 Å². The van der Waals surface area contributed by atoms with Gasteiger partial charge in [0.25, 0.3) is 0 Å². The first-order valence-corrected chi connectivity index (χ1v) is 10.6. The Morgan fingerprint density at radius 3 is 2.61 bits per heavy atom. The SMILES string of the molecule is COc1ccc(C2OC(CO)[C@@H](O)C(O)[C@H]2O)cc1Cc1cc2ccsc2s1. The maximum Gasteiger partial charge on any atom is 0.122 e. The summed E-state index contributed by atoms with van der Waals surface area (Å²) >= 11 is 3.46. The van der Waals surface area contributed by atoms with Crippen LogP contribution >= 0.6 is 22.7 Å². The number of rotatable bonds is 5. The largest absolute Gasteiger partial charge is 0.496 e. The molecule has 28 heavy (non-hydrogen) atoms. The minimum absolute atomic E-state index is 0.448. The first-order valence-electron chi connectivity index (χ1n) is 8.95. The van der Waals surface area contributed by atoms with Crippen molar-refractivity contribution in [2.45, 2.75) is 36.9 Å². The first kappa shape index (κ1) is 19.8. The number of aliphatic hydroxyl groups excluding tert-OH is 4. The van der Waals surface area contributed by atoms with Crippen LogP contribution in [-0.4, -0.2) is 58.6 Å². The summed E-state index contributed by atoms with van der Waals surface area (Å²) in [5.41, 5.74) is 1.59. The molecule has 1 aliphatic rings. The molecule has 5 atom stereocenters. The molecule has 3 heterocycles. The number of hydrogen-bond acceptors (Lipinski definition) is 8. The molecule has 1 saturated heterocycles. The van der Waals surface area contributed by atoms with Gasteiger partial charge >= 0.3 is 0 Å². The van der Waals surface area contributed by atoms with Crippen LogP contribution in [0.1, 0.15) is 22.1 Å². The third-order valence-corrected chi connectivity index (χ3v) is 7.29. The lowest BCUT2D eigenvalue weighted by Crippen LogP contribution is -2.55. The molecule has 150 valence electrons. The average molecular weight is 423 g/mol. The van der Waals surface area contributed by atoms with Crippen LogP contribution in [0, 0.1) is 0 Å². The maximum atomic E-state index is 10.4. The summed E-state index contributed by atoms with van der Waals surface area (Å²) in [6.07, 6.45) is -5.18. The third kappa shape index (κ3) is 3.57. The van der Waals surface area contributed by atoms with Crippen molar-refractivity contribution in [3.63, 3.8) is 0 Å². The Morgan fingerprint density at radius 2 is 1.89 bits per heavy atom. The van der Waals surface area contributed by atoms with Gasteiger partial charge in [-0.1, -0.05) is 6.07 Å². The van der Waals surface area contributed by atoms with E-state index in [4.69, 9.17) is 9.47 Å². The summed E-state index contributed by atoms with van der Waals surface area (Å²) in [5.74, 6) is 0.727. The van der Waals surface area contributed by atoms with Crippen molar-refractivity contribution in [1.82, 2.24) is 0 Å². The predicted molar refractivity (Wildman–Crippen MR) is 108 cm³/mol. The Balaban J connectivity index is 1.64. The number of hydrogen-bond donors (Lipinski definition) is 4. The number of methoxy groups -OCH3 is 1. The monoisotopic (exact) mass is 422 g/mol. The quantitative estimate of drug-likeness (QED) is 0.503. The highest BCUT2D eigenvalue weighted by Crippen LogP contribution is 2.37. The Bertz CT molecular complexity index is 921. The molecule has 0 radical (unpaired) electrons. The second kappa shape index (κ2) is 8.08. The molecule has 0 aliphatic carbocycles. The first-order chi connectivity index (χ1) is 13.5. The van der Waals surface area contributed by atoms with Crippen molar-refractivity contribution in [1.29, 1.82) is 0 Å². The number of ether oxygens (including phenoxy) is 2. The van der Waals surface area contributed by atoms with E-state index in [1.54, 1.807) is 35.8 Å². The van der Waals surface area contributed by atoms with Crippen LogP contribution in [0.25, 0.3) is 9.40 Å². The van der Waals surface area contributed by atoms with Gasteiger partial charge in [-0.15, -0.1) is 22.7 Å². The van der Waals surface area contributed by atoms with Crippen LogP contribution in [0.5, 0.6) is 5.75 Å². The van der Waals surface area contributed by atoms with Crippen molar-refractivity contribution in [2.24, 2.45) is 0 Å². The van der Waals surface area contributed by atoms with Crippen LogP contribution < -0.4 is 4.74 Å². The lowest BCUT2D eigenvalue weighted by molar-refractivity contribution is -0.231. The van der Waals surface area contributed by atoms with Gasteiger partial charge < -0.3 is 29.9 Å². The lowest BCUT2D eigenvalue weighted by Gasteiger charge is -2.40. The van der Waals surface area contributed by atoms with Crippen LogP contribution in [0.2, 0.25) is 0 Å². The second-order valence-electron chi connectivity index (χ2n) is 6.87. The van der Waals surface area contributed by atoms with Crippen molar-refractivity contribution in [3.8, 4) is 5.75 Å². The summed E-state index contributed by atoms with van der Waals surface area (Å²) in [5, 5.41) is 43.2. The van der Waals surface area contributed by atoms with Crippen molar-refractivity contribution in [3.05, 3.63) is 51.7 Å². The summed E-state index contributed by atoms with van der Waals surface area (Å²) in [7, 11) is 1.61. The van der Waals surface area contributed by atoms with Gasteiger partial charge in [-0.3, -0.25) is 0 Å². The summed E-state index contributed by atoms with van der Waals surface area (Å²) < 4.78 is 12.5. The topological polar surface area (TPSA) is 99.4 Å². The molecule has 1 aliphatic heterocycles. The highest BCUT2D eigenvalue weighted by atomic mass is 32.2. The van der Waals surface area contributed by atoms with Gasteiger partial charge in [-0.25, -0.2) is 0 Å². The zero-order valence-electron chi connectivity index (χ0n) is 15.2. The van der Waals surface area contributed by atoms with Gasteiger partial charge in [0, 0.05) is 16.7 Å². The predicted octanol–water partition coefficient (Wildman–Crippen LogP) is 2.08. The van der Waals surface area contributed by atoms with Gasteiger partial charge in [-0.2, -0.15) is 0 Å². The average Bonchev–Trinajstić information content (AvgIpc) is 3.28. The van der Waals surface area contributed by atoms with E-state index in [0.717, 1.165) is 11.3 Å². The molecule has 6 nitrogen and oxygen atoms in total. The van der Waals surface area contributed by atoms with Gasteiger partial charge in [0.05, 0.1) is 17.7 Å². The Labute approximate surface area is 170 Å². The highest BCUT2D eigenvalue weighted by Gasteiger charge is 2.44. The van der Waals surface area contributed by atoms with Gasteiger partial charge in [0.15, 0.2) is 0 Å². The number of benzene rings is 1. The molecule has 3 unspecified atom stereocenters. The summed E-state index contributed by atoms with van der Waals surface area (Å²) in [6, 6.07) is 9.72. The Morgan fingerprint density at radius 1 is 1.07 bits per heavy atom. The molecule has 4 rings (SSSR count). The standard InChI is InChI=1S/C20H22O6S2/c1-25-14-3-2-10(19-18(24)17(23)16(22)15(9-21)26-19)6-12(14)8-13-7-11-4-5-27-20(11)28-13/h2-7,15-19,21-24H,8-9H2,1H3/t15?,16-,17?,18-,19?/m1/s1. The lowest BCUT2D eigenvalue weighted by atomic mass is 9.90. The minimum Gasteiger partial charge on any atom is -0.496 e. The Hall–Kier alpha value is -1.52. The van der Waals surface area contributed by atoms with Gasteiger partial charge in [0.2, 0.25) is 0 Å². The summed E-state index contributed by atoms with van der Waals surface area (Å²) in [4.78, 5) is 1.20. The highest BCUT2D eigenvalue weighted by molar-refractivity contribution is 7.37. The van der Waals surface area contributed by atoms with E-state index >= 15 is 0 Å². The molecule has 0 amide bonds. The molecular formula is C20H22O6S2. The number of aliphatic hydroxyl groups is 4.